The quantitative estimate of drug-likeness (QED) is 0.666. The Morgan fingerprint density at radius 1 is 1.15 bits per heavy atom. The van der Waals surface area contributed by atoms with Gasteiger partial charge in [-0.25, -0.2) is 9.59 Å². The molecule has 8 heteroatoms. The van der Waals surface area contributed by atoms with Crippen molar-refractivity contribution >= 4 is 17.7 Å². The number of nitrogens with one attached hydrogen (secondary N) is 1. The zero-order chi connectivity index (χ0) is 19.2. The van der Waals surface area contributed by atoms with Crippen LogP contribution in [0.25, 0.3) is 0 Å². The Morgan fingerprint density at radius 3 is 2.63 bits per heavy atom. The highest BCUT2D eigenvalue weighted by Crippen LogP contribution is 2.34. The lowest BCUT2D eigenvalue weighted by Gasteiger charge is -2.17. The van der Waals surface area contributed by atoms with Crippen molar-refractivity contribution in [1.29, 1.82) is 0 Å². The van der Waals surface area contributed by atoms with Crippen molar-refractivity contribution in [3.05, 3.63) is 60.2 Å². The van der Waals surface area contributed by atoms with Gasteiger partial charge in [0, 0.05) is 24.3 Å². The van der Waals surface area contributed by atoms with Gasteiger partial charge < -0.3 is 24.4 Å². The van der Waals surface area contributed by atoms with Crippen molar-refractivity contribution in [3.63, 3.8) is 0 Å². The van der Waals surface area contributed by atoms with Crippen LogP contribution in [0.1, 0.15) is 18.1 Å². The molecule has 2 aromatic carbocycles. The molecule has 0 aromatic heterocycles. The number of amides is 1. The summed E-state index contributed by atoms with van der Waals surface area (Å²) in [7, 11) is 0. The van der Waals surface area contributed by atoms with Crippen molar-refractivity contribution < 1.29 is 34.0 Å². The number of fused-ring (bicyclic) bond motifs is 1. The smallest absolute Gasteiger partial charge is 0.412 e. The summed E-state index contributed by atoms with van der Waals surface area (Å²) in [5.74, 6) is 0.0922. The fraction of sp³-hybridized carbons (Fsp3) is 0.158. The minimum atomic E-state index is -1.09. The molecular formula is C19H17NO7. The van der Waals surface area contributed by atoms with Gasteiger partial charge in [-0.15, -0.1) is 0 Å². The molecule has 0 aliphatic carbocycles. The van der Waals surface area contributed by atoms with Gasteiger partial charge in [0.2, 0.25) is 6.79 Å². The zero-order valence-corrected chi connectivity index (χ0v) is 14.1. The van der Waals surface area contributed by atoms with E-state index in [-0.39, 0.29) is 19.0 Å². The number of aromatic hydroxyl groups is 1. The second kappa shape index (κ2) is 8.13. The lowest BCUT2D eigenvalue weighted by atomic mass is 10.1. The third kappa shape index (κ3) is 4.91. The Balaban J connectivity index is 1.69. The Bertz CT molecular complexity index is 861. The molecule has 0 spiro atoms. The monoisotopic (exact) mass is 371 g/mol. The van der Waals surface area contributed by atoms with Gasteiger partial charge in [-0.3, -0.25) is 5.32 Å². The molecule has 0 saturated carbocycles. The number of ether oxygens (including phenoxy) is 3. The topological polar surface area (TPSA) is 114 Å². The van der Waals surface area contributed by atoms with Crippen LogP contribution >= 0.6 is 0 Å². The van der Waals surface area contributed by atoms with Crippen LogP contribution in [0.5, 0.6) is 17.2 Å². The number of carbonyl (C=O) groups excluding carboxylic acids is 1. The van der Waals surface area contributed by atoms with Gasteiger partial charge in [0.15, 0.2) is 11.5 Å². The second-order valence-electron chi connectivity index (χ2n) is 5.65. The third-order valence-electron chi connectivity index (χ3n) is 3.74. The summed E-state index contributed by atoms with van der Waals surface area (Å²) in [4.78, 5) is 22.9. The highest BCUT2D eigenvalue weighted by atomic mass is 16.7. The average molecular weight is 371 g/mol. The first-order valence-corrected chi connectivity index (χ1v) is 8.07. The lowest BCUT2D eigenvalue weighted by Crippen LogP contribution is -2.17. The van der Waals surface area contributed by atoms with Gasteiger partial charge in [-0.1, -0.05) is 18.2 Å². The second-order valence-corrected chi connectivity index (χ2v) is 5.65. The number of benzene rings is 2. The maximum atomic E-state index is 12.3. The molecule has 3 N–H and O–H groups in total. The number of anilines is 1. The van der Waals surface area contributed by atoms with Gasteiger partial charge in [0.1, 0.15) is 11.9 Å². The van der Waals surface area contributed by atoms with E-state index in [1.807, 2.05) is 0 Å². The number of rotatable bonds is 6. The van der Waals surface area contributed by atoms with Gasteiger partial charge >= 0.3 is 12.1 Å². The van der Waals surface area contributed by atoms with Crippen LogP contribution in [0.2, 0.25) is 0 Å². The number of hydrogen-bond donors (Lipinski definition) is 3. The summed E-state index contributed by atoms with van der Waals surface area (Å²) in [5, 5.41) is 20.7. The Kier molecular flexibility index (Phi) is 5.46. The van der Waals surface area contributed by atoms with Crippen LogP contribution in [0, 0.1) is 0 Å². The van der Waals surface area contributed by atoms with Crippen LogP contribution < -0.4 is 14.8 Å². The number of carboxylic acids is 1. The lowest BCUT2D eigenvalue weighted by molar-refractivity contribution is -0.131. The van der Waals surface area contributed by atoms with Crippen molar-refractivity contribution in [2.45, 2.75) is 12.5 Å². The number of aliphatic carboxylic acids is 1. The number of hydrogen-bond acceptors (Lipinski definition) is 6. The first kappa shape index (κ1) is 18.1. The number of phenols is 1. The molecule has 0 unspecified atom stereocenters. The summed E-state index contributed by atoms with van der Waals surface area (Å²) in [5.41, 5.74) is 1.08. The molecule has 0 bridgehead atoms. The van der Waals surface area contributed by atoms with E-state index in [0.29, 0.717) is 22.7 Å². The molecular weight excluding hydrogens is 354 g/mol. The number of phenolic OH excluding ortho intramolecular Hbond substituents is 1. The van der Waals surface area contributed by atoms with Crippen LogP contribution in [-0.4, -0.2) is 29.1 Å². The molecule has 0 fully saturated rings. The minimum Gasteiger partial charge on any atom is -0.508 e. The van der Waals surface area contributed by atoms with Gasteiger partial charge in [-0.2, -0.15) is 0 Å². The molecule has 1 aliphatic heterocycles. The predicted octanol–water partition coefficient (Wildman–Crippen LogP) is 3.44. The van der Waals surface area contributed by atoms with E-state index in [1.165, 1.54) is 18.2 Å². The van der Waals surface area contributed by atoms with E-state index in [9.17, 15) is 14.7 Å². The molecule has 3 rings (SSSR count). The van der Waals surface area contributed by atoms with E-state index < -0.39 is 18.2 Å². The molecule has 1 aliphatic rings. The summed E-state index contributed by atoms with van der Waals surface area (Å²) in [6.45, 7) is 0.127. The fourth-order valence-electron chi connectivity index (χ4n) is 2.48. The first-order valence-electron chi connectivity index (χ1n) is 8.07. The molecule has 2 aromatic rings. The molecule has 1 atom stereocenters. The zero-order valence-electron chi connectivity index (χ0n) is 14.1. The first-order chi connectivity index (χ1) is 13.0. The summed E-state index contributed by atoms with van der Waals surface area (Å²) < 4.78 is 15.9. The number of carboxylic acid groups (broad SMARTS) is 1. The van der Waals surface area contributed by atoms with E-state index in [0.717, 1.165) is 6.08 Å². The summed E-state index contributed by atoms with van der Waals surface area (Å²) >= 11 is 0. The Labute approximate surface area is 154 Å². The van der Waals surface area contributed by atoms with E-state index in [1.54, 1.807) is 30.3 Å². The van der Waals surface area contributed by atoms with Crippen molar-refractivity contribution in [2.24, 2.45) is 0 Å². The molecule has 1 amide bonds. The summed E-state index contributed by atoms with van der Waals surface area (Å²) in [6, 6.07) is 11.1. The average Bonchev–Trinajstić information content (AvgIpc) is 3.09. The van der Waals surface area contributed by atoms with Crippen LogP contribution in [0.4, 0.5) is 10.5 Å². The van der Waals surface area contributed by atoms with Crippen LogP contribution in [0.3, 0.4) is 0 Å². The maximum Gasteiger partial charge on any atom is 0.412 e. The van der Waals surface area contributed by atoms with Gasteiger partial charge in [0.25, 0.3) is 0 Å². The molecule has 140 valence electrons. The fourth-order valence-corrected chi connectivity index (χ4v) is 2.48. The van der Waals surface area contributed by atoms with Crippen LogP contribution in [-0.2, 0) is 9.53 Å². The van der Waals surface area contributed by atoms with E-state index in [4.69, 9.17) is 19.3 Å². The minimum absolute atomic E-state index is 0.0726. The van der Waals surface area contributed by atoms with Crippen molar-refractivity contribution in [3.8, 4) is 17.2 Å². The Morgan fingerprint density at radius 2 is 1.89 bits per heavy atom. The van der Waals surface area contributed by atoms with Crippen molar-refractivity contribution in [2.75, 3.05) is 12.1 Å². The SMILES string of the molecule is O=C(O)/C=C/C[C@@H](OC(=O)Nc1ccc2c(c1)OCO2)c1ccc(O)cc1. The normalized spacial score (nSPS) is 13.3. The number of carbonyl (C=O) groups is 2. The molecule has 0 saturated heterocycles. The molecule has 1 heterocycles. The van der Waals surface area contributed by atoms with Crippen molar-refractivity contribution in [1.82, 2.24) is 0 Å². The largest absolute Gasteiger partial charge is 0.508 e. The predicted molar refractivity (Wildman–Crippen MR) is 94.9 cm³/mol. The summed E-state index contributed by atoms with van der Waals surface area (Å²) in [6.07, 6.45) is 1.09. The molecule has 27 heavy (non-hydrogen) atoms. The Hall–Kier alpha value is -3.68. The highest BCUT2D eigenvalue weighted by molar-refractivity contribution is 5.85. The molecule has 0 radical (unpaired) electrons. The maximum absolute atomic E-state index is 12.3. The standard InChI is InChI=1S/C19H17NO7/c21-14-7-4-12(5-8-14)15(2-1-3-18(22)23)27-19(24)20-13-6-9-16-17(10-13)26-11-25-16/h1,3-10,15,21H,2,11H2,(H,20,24)(H,22,23)/b3-1+/t15-/m1/s1. The van der Waals surface area contributed by atoms with Gasteiger partial charge in [0.05, 0.1) is 0 Å². The van der Waals surface area contributed by atoms with Crippen LogP contribution in [0.15, 0.2) is 54.6 Å². The van der Waals surface area contributed by atoms with E-state index >= 15 is 0 Å². The van der Waals surface area contributed by atoms with E-state index in [2.05, 4.69) is 5.32 Å². The third-order valence-corrected chi connectivity index (χ3v) is 3.74. The molecule has 8 nitrogen and oxygen atoms in total. The van der Waals surface area contributed by atoms with Gasteiger partial charge in [-0.05, 0) is 29.8 Å². The highest BCUT2D eigenvalue weighted by Gasteiger charge is 2.18.